The van der Waals surface area contributed by atoms with E-state index >= 15 is 0 Å². The number of urea groups is 1. The van der Waals surface area contributed by atoms with E-state index in [2.05, 4.69) is 39.6 Å². The van der Waals surface area contributed by atoms with E-state index in [0.717, 1.165) is 57.5 Å². The molecule has 3 N–H and O–H groups in total. The molecule has 1 aromatic rings. The molecule has 0 spiro atoms. The first-order chi connectivity index (χ1) is 12.0. The van der Waals surface area contributed by atoms with Gasteiger partial charge >= 0.3 is 6.03 Å². The van der Waals surface area contributed by atoms with Gasteiger partial charge in [-0.15, -0.1) is 0 Å². The molecule has 1 heterocycles. The first-order valence-electron chi connectivity index (χ1n) is 9.27. The third-order valence-corrected chi connectivity index (χ3v) is 5.41. The second-order valence-corrected chi connectivity index (χ2v) is 7.47. The van der Waals surface area contributed by atoms with Crippen molar-refractivity contribution in [3.63, 3.8) is 0 Å². The van der Waals surface area contributed by atoms with Crippen molar-refractivity contribution in [2.75, 3.05) is 46.3 Å². The highest BCUT2D eigenvalue weighted by molar-refractivity contribution is 5.74. The molecule has 1 unspecified atom stereocenters. The van der Waals surface area contributed by atoms with Gasteiger partial charge in [-0.25, -0.2) is 4.79 Å². The highest BCUT2D eigenvalue weighted by atomic mass is 16.3. The predicted octanol–water partition coefficient (Wildman–Crippen LogP) is 1.19. The largest absolute Gasteiger partial charge is 0.388 e. The van der Waals surface area contributed by atoms with Crippen LogP contribution in [0.15, 0.2) is 30.3 Å². The molecule has 1 aromatic carbocycles. The van der Waals surface area contributed by atoms with Crippen molar-refractivity contribution in [2.24, 2.45) is 0 Å². The molecule has 2 amide bonds. The molecule has 1 aliphatic carbocycles. The zero-order valence-corrected chi connectivity index (χ0v) is 15.1. The topological polar surface area (TPSA) is 67.8 Å². The molecule has 0 radical (unpaired) electrons. The summed E-state index contributed by atoms with van der Waals surface area (Å²) in [5.74, 6) is 0. The first kappa shape index (κ1) is 18.2. The van der Waals surface area contributed by atoms with E-state index in [0.29, 0.717) is 6.54 Å². The lowest BCUT2D eigenvalue weighted by atomic mass is 9.80. The summed E-state index contributed by atoms with van der Waals surface area (Å²) < 4.78 is 0. The quantitative estimate of drug-likeness (QED) is 0.724. The van der Waals surface area contributed by atoms with Crippen molar-refractivity contribution < 1.29 is 9.90 Å². The average molecular weight is 346 g/mol. The summed E-state index contributed by atoms with van der Waals surface area (Å²) in [5.41, 5.74) is 0.413. The van der Waals surface area contributed by atoms with E-state index in [1.54, 1.807) is 0 Å². The summed E-state index contributed by atoms with van der Waals surface area (Å²) in [4.78, 5) is 17.1. The van der Waals surface area contributed by atoms with Crippen LogP contribution in [0, 0.1) is 0 Å². The normalized spacial score (nSPS) is 22.0. The van der Waals surface area contributed by atoms with Gasteiger partial charge in [0, 0.05) is 39.3 Å². The molecule has 25 heavy (non-hydrogen) atoms. The lowest BCUT2D eigenvalue weighted by molar-refractivity contribution is -0.0290. The zero-order chi connectivity index (χ0) is 17.7. The molecule has 2 aliphatic rings. The molecule has 1 saturated carbocycles. The van der Waals surface area contributed by atoms with Crippen LogP contribution in [0.5, 0.6) is 0 Å². The smallest absolute Gasteiger partial charge is 0.315 e. The fourth-order valence-electron chi connectivity index (χ4n) is 3.42. The Balaban J connectivity index is 1.57. The van der Waals surface area contributed by atoms with Gasteiger partial charge in [0.05, 0.1) is 11.6 Å². The number of nitrogens with zero attached hydrogens (tertiary/aromatic N) is 2. The molecular weight excluding hydrogens is 316 g/mol. The standard InChI is InChI=1S/C19H30N4O2/c1-22-10-12-23(13-11-22)14-17(16-6-3-2-4-7-16)21-18(24)20-15-19(25)8-5-9-19/h2-4,6-7,17,25H,5,8-15H2,1H3,(H2,20,21,24). The molecule has 1 atom stereocenters. The summed E-state index contributed by atoms with van der Waals surface area (Å²) in [6.07, 6.45) is 2.59. The van der Waals surface area contributed by atoms with E-state index in [1.807, 2.05) is 18.2 Å². The van der Waals surface area contributed by atoms with Gasteiger partial charge in [0.15, 0.2) is 0 Å². The van der Waals surface area contributed by atoms with Crippen LogP contribution in [-0.2, 0) is 0 Å². The zero-order valence-electron chi connectivity index (χ0n) is 15.1. The number of benzene rings is 1. The number of amides is 2. The van der Waals surface area contributed by atoms with Gasteiger partial charge in [-0.05, 0) is 31.9 Å². The van der Waals surface area contributed by atoms with Gasteiger partial charge in [-0.3, -0.25) is 4.90 Å². The minimum atomic E-state index is -0.697. The molecule has 0 bridgehead atoms. The highest BCUT2D eigenvalue weighted by Crippen LogP contribution is 2.30. The van der Waals surface area contributed by atoms with E-state index in [9.17, 15) is 9.90 Å². The molecular formula is C19H30N4O2. The van der Waals surface area contributed by atoms with E-state index in [-0.39, 0.29) is 12.1 Å². The summed E-state index contributed by atoms with van der Waals surface area (Å²) in [7, 11) is 2.14. The number of carbonyl (C=O) groups excluding carboxylic acids is 1. The highest BCUT2D eigenvalue weighted by Gasteiger charge is 2.34. The van der Waals surface area contributed by atoms with Gasteiger partial charge in [-0.1, -0.05) is 30.3 Å². The van der Waals surface area contributed by atoms with Gasteiger partial charge in [0.2, 0.25) is 0 Å². The van der Waals surface area contributed by atoms with Crippen LogP contribution in [-0.4, -0.2) is 72.9 Å². The molecule has 2 fully saturated rings. The minimum Gasteiger partial charge on any atom is -0.388 e. The third-order valence-electron chi connectivity index (χ3n) is 5.41. The molecule has 6 heteroatoms. The second kappa shape index (κ2) is 8.17. The maximum absolute atomic E-state index is 12.3. The van der Waals surface area contributed by atoms with Crippen LogP contribution >= 0.6 is 0 Å². The fourth-order valence-corrected chi connectivity index (χ4v) is 3.42. The van der Waals surface area contributed by atoms with E-state index in [1.165, 1.54) is 0 Å². The lowest BCUT2D eigenvalue weighted by Crippen LogP contribution is -2.52. The Labute approximate surface area is 150 Å². The number of piperazine rings is 1. The number of carbonyl (C=O) groups is 1. The van der Waals surface area contributed by atoms with Crippen molar-refractivity contribution >= 4 is 6.03 Å². The van der Waals surface area contributed by atoms with Crippen molar-refractivity contribution in [1.82, 2.24) is 20.4 Å². The monoisotopic (exact) mass is 346 g/mol. The lowest BCUT2D eigenvalue weighted by Gasteiger charge is -2.37. The second-order valence-electron chi connectivity index (χ2n) is 7.47. The first-order valence-corrected chi connectivity index (χ1v) is 9.27. The molecule has 1 aliphatic heterocycles. The van der Waals surface area contributed by atoms with Crippen LogP contribution in [0.25, 0.3) is 0 Å². The number of likely N-dealkylation sites (N-methyl/N-ethyl adjacent to an activating group) is 1. The number of aliphatic hydroxyl groups is 1. The summed E-state index contributed by atoms with van der Waals surface area (Å²) >= 11 is 0. The van der Waals surface area contributed by atoms with Gasteiger partial charge in [0.1, 0.15) is 0 Å². The van der Waals surface area contributed by atoms with Crippen LogP contribution in [0.4, 0.5) is 4.79 Å². The van der Waals surface area contributed by atoms with E-state index in [4.69, 9.17) is 0 Å². The Hall–Kier alpha value is -1.63. The van der Waals surface area contributed by atoms with Gasteiger partial charge < -0.3 is 20.6 Å². The summed E-state index contributed by atoms with van der Waals surface area (Å²) in [6, 6.07) is 9.85. The molecule has 1 saturated heterocycles. The fraction of sp³-hybridized carbons (Fsp3) is 0.632. The number of rotatable bonds is 6. The number of hydrogen-bond donors (Lipinski definition) is 3. The van der Waals surface area contributed by atoms with Crippen LogP contribution in [0.2, 0.25) is 0 Å². The summed E-state index contributed by atoms with van der Waals surface area (Å²) in [5, 5.41) is 16.1. The predicted molar refractivity (Wildman–Crippen MR) is 98.5 cm³/mol. The average Bonchev–Trinajstić information content (AvgIpc) is 2.60. The summed E-state index contributed by atoms with van der Waals surface area (Å²) in [6.45, 7) is 5.28. The number of nitrogens with one attached hydrogen (secondary N) is 2. The van der Waals surface area contributed by atoms with Crippen molar-refractivity contribution in [2.45, 2.75) is 30.9 Å². The molecule has 3 rings (SSSR count). The SMILES string of the molecule is CN1CCN(CC(NC(=O)NCC2(O)CCC2)c2ccccc2)CC1. The van der Waals surface area contributed by atoms with Gasteiger partial charge in [-0.2, -0.15) is 0 Å². The van der Waals surface area contributed by atoms with Crippen molar-refractivity contribution in [3.05, 3.63) is 35.9 Å². The molecule has 0 aromatic heterocycles. The van der Waals surface area contributed by atoms with Crippen LogP contribution in [0.1, 0.15) is 30.9 Å². The Morgan fingerprint density at radius 2 is 1.88 bits per heavy atom. The van der Waals surface area contributed by atoms with Crippen molar-refractivity contribution in [1.29, 1.82) is 0 Å². The van der Waals surface area contributed by atoms with Crippen LogP contribution in [0.3, 0.4) is 0 Å². The van der Waals surface area contributed by atoms with Gasteiger partial charge in [0.25, 0.3) is 0 Å². The molecule has 6 nitrogen and oxygen atoms in total. The Bertz CT molecular complexity index is 554. The maximum atomic E-state index is 12.3. The van der Waals surface area contributed by atoms with Crippen molar-refractivity contribution in [3.8, 4) is 0 Å². The Morgan fingerprint density at radius 3 is 2.48 bits per heavy atom. The van der Waals surface area contributed by atoms with Crippen LogP contribution < -0.4 is 10.6 Å². The molecule has 138 valence electrons. The maximum Gasteiger partial charge on any atom is 0.315 e. The number of hydrogen-bond acceptors (Lipinski definition) is 4. The Kier molecular flexibility index (Phi) is 5.93. The minimum absolute atomic E-state index is 0.0550. The third kappa shape index (κ3) is 5.17. The Morgan fingerprint density at radius 1 is 1.20 bits per heavy atom. The van der Waals surface area contributed by atoms with E-state index < -0.39 is 5.60 Å².